The molecular formula is C18H17NO4. The molecule has 1 aromatic carbocycles. The lowest BCUT2D eigenvalue weighted by Gasteiger charge is -2.21. The van der Waals surface area contributed by atoms with E-state index in [0.717, 1.165) is 0 Å². The SMILES string of the molecule is CCOC(=O)C(c1coc2ncccc12)C(O)c1ccccc1. The van der Waals surface area contributed by atoms with Crippen LogP contribution in [-0.2, 0) is 9.53 Å². The molecular weight excluding hydrogens is 294 g/mol. The number of aliphatic hydroxyl groups is 1. The van der Waals surface area contributed by atoms with Gasteiger partial charge in [-0.05, 0) is 24.6 Å². The second-order valence-corrected chi connectivity index (χ2v) is 5.13. The van der Waals surface area contributed by atoms with E-state index in [1.54, 1.807) is 31.3 Å². The Morgan fingerprint density at radius 1 is 1.26 bits per heavy atom. The number of hydrogen-bond acceptors (Lipinski definition) is 5. The van der Waals surface area contributed by atoms with Gasteiger partial charge in [0.05, 0.1) is 19.0 Å². The maximum atomic E-state index is 12.5. The first-order valence-electron chi connectivity index (χ1n) is 7.44. The molecule has 0 bridgehead atoms. The Bertz CT molecular complexity index is 797. The van der Waals surface area contributed by atoms with Crippen molar-refractivity contribution >= 4 is 17.1 Å². The van der Waals surface area contributed by atoms with Gasteiger partial charge < -0.3 is 14.3 Å². The minimum atomic E-state index is -1.03. The fraction of sp³-hybridized carbons (Fsp3) is 0.222. The lowest BCUT2D eigenvalue weighted by molar-refractivity contribution is -0.148. The van der Waals surface area contributed by atoms with Gasteiger partial charge in [0.1, 0.15) is 5.92 Å². The van der Waals surface area contributed by atoms with Crippen molar-refractivity contribution in [3.63, 3.8) is 0 Å². The number of esters is 1. The maximum absolute atomic E-state index is 12.5. The summed E-state index contributed by atoms with van der Waals surface area (Å²) >= 11 is 0. The molecule has 2 unspecified atom stereocenters. The van der Waals surface area contributed by atoms with Crippen LogP contribution in [0.2, 0.25) is 0 Å². The van der Waals surface area contributed by atoms with Gasteiger partial charge in [0, 0.05) is 17.1 Å². The van der Waals surface area contributed by atoms with E-state index < -0.39 is 18.0 Å². The van der Waals surface area contributed by atoms with E-state index in [1.807, 2.05) is 24.3 Å². The van der Waals surface area contributed by atoms with E-state index in [9.17, 15) is 9.90 Å². The molecule has 118 valence electrons. The van der Waals surface area contributed by atoms with Crippen LogP contribution >= 0.6 is 0 Å². The number of furan rings is 1. The number of fused-ring (bicyclic) bond motifs is 1. The molecule has 0 amide bonds. The first kappa shape index (κ1) is 15.2. The summed E-state index contributed by atoms with van der Waals surface area (Å²) in [5, 5.41) is 11.4. The van der Waals surface area contributed by atoms with Crippen LogP contribution in [0.5, 0.6) is 0 Å². The van der Waals surface area contributed by atoms with Crippen LogP contribution < -0.4 is 0 Å². The summed E-state index contributed by atoms with van der Waals surface area (Å²) in [6.07, 6.45) is 2.05. The van der Waals surface area contributed by atoms with E-state index in [2.05, 4.69) is 4.98 Å². The van der Waals surface area contributed by atoms with Crippen LogP contribution in [0.4, 0.5) is 0 Å². The molecule has 2 heterocycles. The number of carbonyl (C=O) groups excluding carboxylic acids is 1. The highest BCUT2D eigenvalue weighted by Crippen LogP contribution is 2.36. The lowest BCUT2D eigenvalue weighted by atomic mass is 9.89. The molecule has 2 atom stereocenters. The van der Waals surface area contributed by atoms with Crippen molar-refractivity contribution in [1.29, 1.82) is 0 Å². The highest BCUT2D eigenvalue weighted by atomic mass is 16.5. The second-order valence-electron chi connectivity index (χ2n) is 5.13. The monoisotopic (exact) mass is 311 g/mol. The summed E-state index contributed by atoms with van der Waals surface area (Å²) in [6, 6.07) is 12.6. The molecule has 3 aromatic rings. The number of nitrogens with zero attached hydrogens (tertiary/aromatic N) is 1. The van der Waals surface area contributed by atoms with Crippen LogP contribution in [0.15, 0.2) is 59.3 Å². The molecule has 0 saturated carbocycles. The molecule has 5 nitrogen and oxygen atoms in total. The Morgan fingerprint density at radius 3 is 2.78 bits per heavy atom. The van der Waals surface area contributed by atoms with Gasteiger partial charge in [-0.15, -0.1) is 0 Å². The minimum Gasteiger partial charge on any atom is -0.465 e. The molecule has 0 aliphatic heterocycles. The Labute approximate surface area is 133 Å². The minimum absolute atomic E-state index is 0.241. The summed E-state index contributed by atoms with van der Waals surface area (Å²) in [6.45, 7) is 1.98. The molecule has 23 heavy (non-hydrogen) atoms. The predicted molar refractivity (Wildman–Crippen MR) is 84.8 cm³/mol. The number of rotatable bonds is 5. The van der Waals surface area contributed by atoms with E-state index >= 15 is 0 Å². The topological polar surface area (TPSA) is 72.6 Å². The van der Waals surface area contributed by atoms with E-state index in [-0.39, 0.29) is 6.61 Å². The Hall–Kier alpha value is -2.66. The van der Waals surface area contributed by atoms with Crippen LogP contribution in [0, 0.1) is 0 Å². The molecule has 0 aliphatic rings. The van der Waals surface area contributed by atoms with Crippen molar-refractivity contribution in [1.82, 2.24) is 4.98 Å². The number of aliphatic hydroxyl groups excluding tert-OH is 1. The van der Waals surface area contributed by atoms with Crippen molar-refractivity contribution in [3.05, 3.63) is 66.1 Å². The second kappa shape index (κ2) is 6.62. The molecule has 2 aromatic heterocycles. The standard InChI is InChI=1S/C18H17NO4/c1-2-22-18(21)15(16(20)12-7-4-3-5-8-12)14-11-23-17-13(14)9-6-10-19-17/h3-11,15-16,20H,2H2,1H3. The molecule has 3 rings (SSSR count). The van der Waals surface area contributed by atoms with Crippen LogP contribution in [0.1, 0.15) is 30.1 Å². The van der Waals surface area contributed by atoms with Crippen molar-refractivity contribution in [3.8, 4) is 0 Å². The van der Waals surface area contributed by atoms with Crippen molar-refractivity contribution < 1.29 is 19.1 Å². The number of carbonyl (C=O) groups is 1. The van der Waals surface area contributed by atoms with Gasteiger partial charge in [-0.2, -0.15) is 0 Å². The van der Waals surface area contributed by atoms with E-state index in [4.69, 9.17) is 9.15 Å². The Morgan fingerprint density at radius 2 is 2.04 bits per heavy atom. The van der Waals surface area contributed by atoms with Gasteiger partial charge in [0.15, 0.2) is 0 Å². The number of aromatic nitrogens is 1. The highest BCUT2D eigenvalue weighted by Gasteiger charge is 2.33. The molecule has 0 fully saturated rings. The summed E-state index contributed by atoms with van der Waals surface area (Å²) in [5.74, 6) is -1.36. The third-order valence-electron chi connectivity index (χ3n) is 3.71. The van der Waals surface area contributed by atoms with E-state index in [0.29, 0.717) is 22.2 Å². The number of pyridine rings is 1. The largest absolute Gasteiger partial charge is 0.465 e. The van der Waals surface area contributed by atoms with Crippen molar-refractivity contribution in [2.45, 2.75) is 18.9 Å². The van der Waals surface area contributed by atoms with Gasteiger partial charge in [0.2, 0.25) is 5.71 Å². The van der Waals surface area contributed by atoms with E-state index in [1.165, 1.54) is 6.26 Å². The summed E-state index contributed by atoms with van der Waals surface area (Å²) in [5.41, 5.74) is 1.64. The molecule has 0 aliphatic carbocycles. The summed E-state index contributed by atoms with van der Waals surface area (Å²) < 4.78 is 10.6. The Balaban J connectivity index is 2.07. The fourth-order valence-corrected chi connectivity index (χ4v) is 2.63. The van der Waals surface area contributed by atoms with Crippen molar-refractivity contribution in [2.24, 2.45) is 0 Å². The Kier molecular flexibility index (Phi) is 4.39. The number of ether oxygens (including phenoxy) is 1. The molecule has 0 spiro atoms. The van der Waals surface area contributed by atoms with Crippen LogP contribution in [0.3, 0.4) is 0 Å². The molecule has 0 saturated heterocycles. The molecule has 5 heteroatoms. The highest BCUT2D eigenvalue weighted by molar-refractivity contribution is 5.87. The average Bonchev–Trinajstić information content (AvgIpc) is 3.00. The smallest absolute Gasteiger partial charge is 0.316 e. The fourth-order valence-electron chi connectivity index (χ4n) is 2.63. The zero-order valence-corrected chi connectivity index (χ0v) is 12.7. The summed E-state index contributed by atoms with van der Waals surface area (Å²) in [7, 11) is 0. The lowest BCUT2D eigenvalue weighted by Crippen LogP contribution is -2.22. The third-order valence-corrected chi connectivity index (χ3v) is 3.71. The van der Waals surface area contributed by atoms with Crippen LogP contribution in [0.25, 0.3) is 11.1 Å². The average molecular weight is 311 g/mol. The van der Waals surface area contributed by atoms with Crippen LogP contribution in [-0.4, -0.2) is 22.7 Å². The zero-order chi connectivity index (χ0) is 16.2. The van der Waals surface area contributed by atoms with Gasteiger partial charge >= 0.3 is 5.97 Å². The van der Waals surface area contributed by atoms with Gasteiger partial charge in [-0.3, -0.25) is 4.79 Å². The molecule has 0 radical (unpaired) electrons. The number of benzene rings is 1. The van der Waals surface area contributed by atoms with Gasteiger partial charge in [-0.1, -0.05) is 30.3 Å². The normalized spacial score (nSPS) is 13.7. The third kappa shape index (κ3) is 2.96. The van der Waals surface area contributed by atoms with Crippen molar-refractivity contribution in [2.75, 3.05) is 6.61 Å². The first-order valence-corrected chi connectivity index (χ1v) is 7.44. The quantitative estimate of drug-likeness (QED) is 0.732. The molecule has 1 N–H and O–H groups in total. The number of hydrogen-bond donors (Lipinski definition) is 1. The maximum Gasteiger partial charge on any atom is 0.316 e. The zero-order valence-electron chi connectivity index (χ0n) is 12.7. The predicted octanol–water partition coefficient (Wildman–Crippen LogP) is 3.21. The first-order chi connectivity index (χ1) is 11.2. The summed E-state index contributed by atoms with van der Waals surface area (Å²) in [4.78, 5) is 16.6. The van der Waals surface area contributed by atoms with Gasteiger partial charge in [0.25, 0.3) is 0 Å². The van der Waals surface area contributed by atoms with Gasteiger partial charge in [-0.25, -0.2) is 4.98 Å².